The van der Waals surface area contributed by atoms with Gasteiger partial charge in [-0.1, -0.05) is 31.4 Å². The summed E-state index contributed by atoms with van der Waals surface area (Å²) in [6.45, 7) is 2.16. The van der Waals surface area contributed by atoms with Crippen LogP contribution in [0.25, 0.3) is 0 Å². The molecule has 1 saturated carbocycles. The van der Waals surface area contributed by atoms with Crippen molar-refractivity contribution in [3.63, 3.8) is 0 Å². The van der Waals surface area contributed by atoms with Crippen molar-refractivity contribution < 1.29 is 9.59 Å². The highest BCUT2D eigenvalue weighted by atomic mass is 35.5. The van der Waals surface area contributed by atoms with Crippen LogP contribution >= 0.6 is 12.4 Å². The van der Waals surface area contributed by atoms with E-state index < -0.39 is 0 Å². The summed E-state index contributed by atoms with van der Waals surface area (Å²) in [6, 6.07) is 7.36. The Bertz CT molecular complexity index is 638. The molecule has 0 bridgehead atoms. The summed E-state index contributed by atoms with van der Waals surface area (Å²) in [7, 11) is 0. The molecule has 1 aliphatic carbocycles. The molecule has 1 aliphatic heterocycles. The number of anilines is 1. The van der Waals surface area contributed by atoms with Gasteiger partial charge in [0.2, 0.25) is 5.91 Å². The van der Waals surface area contributed by atoms with Crippen molar-refractivity contribution in [3.8, 4) is 0 Å². The number of carbonyl (C=O) groups excluding carboxylic acids is 2. The Balaban J connectivity index is 0.00000261. The number of halogens is 1. The molecule has 1 heterocycles. The number of benzene rings is 1. The lowest BCUT2D eigenvalue weighted by atomic mass is 9.71. The first-order valence-corrected chi connectivity index (χ1v) is 10.0. The van der Waals surface area contributed by atoms with Gasteiger partial charge in [0, 0.05) is 19.5 Å². The SMILES string of the molecule is Cl.NCC1(CC(=O)Nc2ccccc2C(=O)N2CCCCC2)CCCCC1. The standard InChI is InChI=1S/C21H31N3O2.ClH/c22-16-21(11-5-1-6-12-21)15-19(25)23-18-10-4-3-9-17(18)20(26)24-13-7-2-8-14-24;/h3-4,9-10H,1-2,5-8,11-16,22H2,(H,23,25);1H. The summed E-state index contributed by atoms with van der Waals surface area (Å²) in [5.41, 5.74) is 7.15. The second kappa shape index (κ2) is 10.1. The minimum atomic E-state index is -0.0752. The van der Waals surface area contributed by atoms with E-state index in [4.69, 9.17) is 5.73 Å². The Morgan fingerprint density at radius 3 is 2.30 bits per heavy atom. The third-order valence-corrected chi connectivity index (χ3v) is 5.96. The topological polar surface area (TPSA) is 75.4 Å². The van der Waals surface area contributed by atoms with Gasteiger partial charge in [-0.2, -0.15) is 0 Å². The molecular formula is C21H32ClN3O2. The Hall–Kier alpha value is -1.59. The van der Waals surface area contributed by atoms with E-state index in [2.05, 4.69) is 5.32 Å². The Labute approximate surface area is 168 Å². The number of amides is 2. The average molecular weight is 394 g/mol. The minimum absolute atomic E-state index is 0. The zero-order valence-electron chi connectivity index (χ0n) is 16.0. The van der Waals surface area contributed by atoms with Gasteiger partial charge >= 0.3 is 0 Å². The Kier molecular flexibility index (Phi) is 8.11. The summed E-state index contributed by atoms with van der Waals surface area (Å²) >= 11 is 0. The molecule has 1 aromatic carbocycles. The maximum absolute atomic E-state index is 12.9. The zero-order valence-corrected chi connectivity index (χ0v) is 16.9. The predicted molar refractivity (Wildman–Crippen MR) is 111 cm³/mol. The second-order valence-electron chi connectivity index (χ2n) is 7.89. The van der Waals surface area contributed by atoms with Gasteiger partial charge in [-0.15, -0.1) is 12.4 Å². The smallest absolute Gasteiger partial charge is 0.255 e. The van der Waals surface area contributed by atoms with Crippen molar-refractivity contribution in [1.82, 2.24) is 4.90 Å². The molecule has 3 rings (SSSR count). The number of likely N-dealkylation sites (tertiary alicyclic amines) is 1. The van der Waals surface area contributed by atoms with Crippen molar-refractivity contribution in [1.29, 1.82) is 0 Å². The highest BCUT2D eigenvalue weighted by molar-refractivity contribution is 6.03. The van der Waals surface area contributed by atoms with Crippen LogP contribution in [0.2, 0.25) is 0 Å². The van der Waals surface area contributed by atoms with Crippen LogP contribution in [0.1, 0.15) is 68.1 Å². The number of piperidine rings is 1. The number of nitrogens with two attached hydrogens (primary N) is 1. The monoisotopic (exact) mass is 393 g/mol. The largest absolute Gasteiger partial charge is 0.339 e. The molecule has 0 unspecified atom stereocenters. The van der Waals surface area contributed by atoms with Crippen LogP contribution in [0.15, 0.2) is 24.3 Å². The number of para-hydroxylation sites is 1. The molecule has 0 radical (unpaired) electrons. The highest BCUT2D eigenvalue weighted by Crippen LogP contribution is 2.38. The number of hydrogen-bond donors (Lipinski definition) is 2. The molecule has 6 heteroatoms. The van der Waals surface area contributed by atoms with Gasteiger partial charge in [-0.05, 0) is 56.2 Å². The molecular weight excluding hydrogens is 362 g/mol. The number of nitrogens with one attached hydrogen (secondary N) is 1. The van der Waals surface area contributed by atoms with E-state index in [1.165, 1.54) is 12.8 Å². The van der Waals surface area contributed by atoms with Gasteiger partial charge in [0.1, 0.15) is 0 Å². The van der Waals surface area contributed by atoms with E-state index >= 15 is 0 Å². The summed E-state index contributed by atoms with van der Waals surface area (Å²) in [6.07, 6.45) is 9.30. The van der Waals surface area contributed by atoms with E-state index in [1.807, 2.05) is 29.2 Å². The van der Waals surface area contributed by atoms with Crippen LogP contribution < -0.4 is 11.1 Å². The molecule has 0 spiro atoms. The van der Waals surface area contributed by atoms with Crippen molar-refractivity contribution in [3.05, 3.63) is 29.8 Å². The summed E-state index contributed by atoms with van der Waals surface area (Å²) < 4.78 is 0. The van der Waals surface area contributed by atoms with Gasteiger partial charge < -0.3 is 16.0 Å². The molecule has 1 saturated heterocycles. The maximum atomic E-state index is 12.9. The minimum Gasteiger partial charge on any atom is -0.339 e. The first-order valence-electron chi connectivity index (χ1n) is 10.0. The van der Waals surface area contributed by atoms with Crippen LogP contribution in [0.4, 0.5) is 5.69 Å². The number of rotatable bonds is 5. The van der Waals surface area contributed by atoms with E-state index in [1.54, 1.807) is 0 Å². The predicted octanol–water partition coefficient (Wildman–Crippen LogP) is 3.97. The van der Waals surface area contributed by atoms with Crippen LogP contribution in [0.3, 0.4) is 0 Å². The van der Waals surface area contributed by atoms with Crippen molar-refractivity contribution in [2.24, 2.45) is 11.1 Å². The van der Waals surface area contributed by atoms with Crippen LogP contribution in [0.5, 0.6) is 0 Å². The van der Waals surface area contributed by atoms with Gasteiger partial charge in [0.15, 0.2) is 0 Å². The van der Waals surface area contributed by atoms with Gasteiger partial charge in [-0.3, -0.25) is 9.59 Å². The first kappa shape index (κ1) is 21.7. The normalized spacial score (nSPS) is 19.1. The van der Waals surface area contributed by atoms with Crippen LogP contribution in [-0.2, 0) is 4.79 Å². The summed E-state index contributed by atoms with van der Waals surface area (Å²) in [5, 5.41) is 2.99. The second-order valence-corrected chi connectivity index (χ2v) is 7.89. The molecule has 3 N–H and O–H groups in total. The average Bonchev–Trinajstić information content (AvgIpc) is 2.69. The third kappa shape index (κ3) is 5.45. The fraction of sp³-hybridized carbons (Fsp3) is 0.619. The van der Waals surface area contributed by atoms with Crippen molar-refractivity contribution in [2.45, 2.75) is 57.8 Å². The lowest BCUT2D eigenvalue weighted by Crippen LogP contribution is -2.37. The third-order valence-electron chi connectivity index (χ3n) is 5.96. The van der Waals surface area contributed by atoms with Crippen LogP contribution in [0, 0.1) is 5.41 Å². The molecule has 1 aromatic rings. The highest BCUT2D eigenvalue weighted by Gasteiger charge is 2.33. The van der Waals surface area contributed by atoms with E-state index in [-0.39, 0.29) is 29.6 Å². The van der Waals surface area contributed by atoms with Gasteiger partial charge in [0.05, 0.1) is 11.3 Å². The molecule has 0 aromatic heterocycles. The molecule has 2 aliphatic rings. The van der Waals surface area contributed by atoms with Crippen molar-refractivity contribution in [2.75, 3.05) is 25.0 Å². The first-order chi connectivity index (χ1) is 12.6. The van der Waals surface area contributed by atoms with E-state index in [0.717, 1.165) is 51.6 Å². The molecule has 0 atom stereocenters. The quantitative estimate of drug-likeness (QED) is 0.794. The van der Waals surface area contributed by atoms with Crippen LogP contribution in [-0.4, -0.2) is 36.3 Å². The zero-order chi connectivity index (χ0) is 18.4. The Morgan fingerprint density at radius 1 is 1.00 bits per heavy atom. The Morgan fingerprint density at radius 2 is 1.63 bits per heavy atom. The number of carbonyl (C=O) groups is 2. The lowest BCUT2D eigenvalue weighted by molar-refractivity contribution is -0.118. The fourth-order valence-corrected chi connectivity index (χ4v) is 4.34. The van der Waals surface area contributed by atoms with E-state index in [9.17, 15) is 9.59 Å². The lowest BCUT2D eigenvalue weighted by Gasteiger charge is -2.35. The molecule has 2 fully saturated rings. The molecule has 150 valence electrons. The summed E-state index contributed by atoms with van der Waals surface area (Å²) in [4.78, 5) is 27.5. The van der Waals surface area contributed by atoms with Gasteiger partial charge in [-0.25, -0.2) is 0 Å². The molecule has 5 nitrogen and oxygen atoms in total. The van der Waals surface area contributed by atoms with Crippen molar-refractivity contribution >= 4 is 29.9 Å². The fourth-order valence-electron chi connectivity index (χ4n) is 4.34. The van der Waals surface area contributed by atoms with E-state index in [0.29, 0.717) is 24.2 Å². The maximum Gasteiger partial charge on any atom is 0.255 e. The molecule has 27 heavy (non-hydrogen) atoms. The number of nitrogens with zero attached hydrogens (tertiary/aromatic N) is 1. The van der Waals surface area contributed by atoms with Gasteiger partial charge in [0.25, 0.3) is 5.91 Å². The summed E-state index contributed by atoms with van der Waals surface area (Å²) in [5.74, 6) is -0.0111. The molecule has 2 amide bonds. The number of hydrogen-bond acceptors (Lipinski definition) is 3.